The molecule has 1 aromatic rings. The molecule has 2 aliphatic rings. The van der Waals surface area contributed by atoms with Gasteiger partial charge in [0, 0.05) is 31.8 Å². The summed E-state index contributed by atoms with van der Waals surface area (Å²) in [6.07, 6.45) is 5.28. The van der Waals surface area contributed by atoms with Gasteiger partial charge in [0.25, 0.3) is 0 Å². The van der Waals surface area contributed by atoms with Gasteiger partial charge in [0.05, 0.1) is 6.10 Å². The van der Waals surface area contributed by atoms with Crippen molar-refractivity contribution in [2.75, 3.05) is 13.7 Å². The van der Waals surface area contributed by atoms with Crippen molar-refractivity contribution in [1.82, 2.24) is 4.90 Å². The van der Waals surface area contributed by atoms with Crippen molar-refractivity contribution in [2.24, 2.45) is 5.73 Å². The van der Waals surface area contributed by atoms with Crippen LogP contribution in [0.15, 0.2) is 16.8 Å². The maximum atomic E-state index is 6.09. The molecule has 2 fully saturated rings. The van der Waals surface area contributed by atoms with Crippen LogP contribution >= 0.6 is 11.3 Å². The summed E-state index contributed by atoms with van der Waals surface area (Å²) in [6, 6.07) is 2.99. The molecule has 18 heavy (non-hydrogen) atoms. The van der Waals surface area contributed by atoms with Gasteiger partial charge in [0.15, 0.2) is 0 Å². The predicted octanol–water partition coefficient (Wildman–Crippen LogP) is 2.22. The Morgan fingerprint density at radius 1 is 1.50 bits per heavy atom. The summed E-state index contributed by atoms with van der Waals surface area (Å²) in [5.74, 6) is 0. The third kappa shape index (κ3) is 2.23. The van der Waals surface area contributed by atoms with E-state index in [1.807, 2.05) is 7.11 Å². The lowest BCUT2D eigenvalue weighted by atomic mass is 9.72. The van der Waals surface area contributed by atoms with Crippen LogP contribution in [0.5, 0.6) is 0 Å². The van der Waals surface area contributed by atoms with Crippen molar-refractivity contribution in [1.29, 1.82) is 0 Å². The fraction of sp³-hybridized carbons (Fsp3) is 0.714. The zero-order valence-electron chi connectivity index (χ0n) is 11.0. The van der Waals surface area contributed by atoms with Gasteiger partial charge in [-0.15, -0.1) is 0 Å². The quantitative estimate of drug-likeness (QED) is 0.858. The molecule has 0 aliphatic heterocycles. The van der Waals surface area contributed by atoms with E-state index in [1.54, 1.807) is 11.3 Å². The van der Waals surface area contributed by atoms with E-state index in [4.69, 9.17) is 10.5 Å². The second-order valence-electron chi connectivity index (χ2n) is 5.69. The fourth-order valence-electron chi connectivity index (χ4n) is 3.12. The van der Waals surface area contributed by atoms with Crippen molar-refractivity contribution >= 4 is 11.3 Å². The lowest BCUT2D eigenvalue weighted by Crippen LogP contribution is -2.64. The molecule has 0 saturated heterocycles. The summed E-state index contributed by atoms with van der Waals surface area (Å²) in [6.45, 7) is 1.81. The van der Waals surface area contributed by atoms with E-state index in [1.165, 1.54) is 18.4 Å². The van der Waals surface area contributed by atoms with Crippen LogP contribution in [-0.2, 0) is 11.3 Å². The Labute approximate surface area is 113 Å². The third-order valence-corrected chi connectivity index (χ3v) is 5.19. The lowest BCUT2D eigenvalue weighted by Gasteiger charge is -2.53. The van der Waals surface area contributed by atoms with E-state index in [2.05, 4.69) is 21.7 Å². The molecule has 0 atom stereocenters. The molecule has 1 aromatic heterocycles. The molecule has 2 N–H and O–H groups in total. The molecule has 2 aliphatic carbocycles. The molecule has 4 heteroatoms. The first-order chi connectivity index (χ1) is 8.77. The minimum Gasteiger partial charge on any atom is -0.381 e. The highest BCUT2D eigenvalue weighted by molar-refractivity contribution is 7.07. The molecule has 0 bridgehead atoms. The molecule has 2 saturated carbocycles. The van der Waals surface area contributed by atoms with Gasteiger partial charge >= 0.3 is 0 Å². The van der Waals surface area contributed by atoms with Crippen LogP contribution in [0, 0.1) is 0 Å². The minimum absolute atomic E-state index is 0.198. The van der Waals surface area contributed by atoms with Crippen molar-refractivity contribution in [2.45, 2.75) is 49.9 Å². The van der Waals surface area contributed by atoms with Gasteiger partial charge in [-0.2, -0.15) is 11.3 Å². The zero-order chi connectivity index (χ0) is 12.6. The Bertz CT molecular complexity index is 383. The molecule has 1 heterocycles. The Kier molecular flexibility index (Phi) is 3.45. The Morgan fingerprint density at radius 2 is 2.28 bits per heavy atom. The summed E-state index contributed by atoms with van der Waals surface area (Å²) in [7, 11) is 1.81. The van der Waals surface area contributed by atoms with Crippen molar-refractivity contribution in [3.8, 4) is 0 Å². The lowest BCUT2D eigenvalue weighted by molar-refractivity contribution is -0.0942. The van der Waals surface area contributed by atoms with Gasteiger partial charge < -0.3 is 10.5 Å². The van der Waals surface area contributed by atoms with Gasteiger partial charge in [0.2, 0.25) is 0 Å². The van der Waals surface area contributed by atoms with Crippen LogP contribution in [0.3, 0.4) is 0 Å². The van der Waals surface area contributed by atoms with Crippen molar-refractivity contribution in [3.05, 3.63) is 22.4 Å². The molecule has 100 valence electrons. The highest BCUT2D eigenvalue weighted by Gasteiger charge is 2.51. The third-order valence-electron chi connectivity index (χ3n) is 4.46. The zero-order valence-corrected chi connectivity index (χ0v) is 11.8. The highest BCUT2D eigenvalue weighted by atomic mass is 32.1. The molecular formula is C14H22N2OS. The van der Waals surface area contributed by atoms with Gasteiger partial charge in [0.1, 0.15) is 0 Å². The molecular weight excluding hydrogens is 244 g/mol. The van der Waals surface area contributed by atoms with Crippen molar-refractivity contribution in [3.63, 3.8) is 0 Å². The molecule has 0 spiro atoms. The normalized spacial score (nSPS) is 31.6. The van der Waals surface area contributed by atoms with Crippen LogP contribution in [0.1, 0.15) is 31.2 Å². The van der Waals surface area contributed by atoms with Gasteiger partial charge in [-0.1, -0.05) is 0 Å². The highest BCUT2D eigenvalue weighted by Crippen LogP contribution is 2.45. The molecule has 0 unspecified atom stereocenters. The van der Waals surface area contributed by atoms with E-state index < -0.39 is 0 Å². The monoisotopic (exact) mass is 266 g/mol. The second kappa shape index (κ2) is 4.93. The summed E-state index contributed by atoms with van der Waals surface area (Å²) < 4.78 is 5.45. The standard InChI is InChI=1S/C14H22N2OS/c1-17-13-6-14(7-13,10-15)16(12-2-3-12)8-11-4-5-18-9-11/h4-5,9,12-13H,2-3,6-8,10,15H2,1H3. The first-order valence-corrected chi connectivity index (χ1v) is 7.72. The van der Waals surface area contributed by atoms with E-state index in [0.29, 0.717) is 6.10 Å². The van der Waals surface area contributed by atoms with Crippen LogP contribution in [0.25, 0.3) is 0 Å². The largest absolute Gasteiger partial charge is 0.381 e. The predicted molar refractivity (Wildman–Crippen MR) is 74.7 cm³/mol. The molecule has 0 aromatic carbocycles. The molecule has 3 rings (SSSR count). The maximum absolute atomic E-state index is 6.09. The average molecular weight is 266 g/mol. The SMILES string of the molecule is COC1CC(CN)(N(Cc2ccsc2)C2CC2)C1. The Hall–Kier alpha value is -0.420. The number of rotatable bonds is 6. The van der Waals surface area contributed by atoms with Gasteiger partial charge in [-0.3, -0.25) is 4.90 Å². The van der Waals surface area contributed by atoms with Crippen molar-refractivity contribution < 1.29 is 4.74 Å². The van der Waals surface area contributed by atoms with E-state index >= 15 is 0 Å². The number of ether oxygens (including phenoxy) is 1. The number of nitrogens with two attached hydrogens (primary N) is 1. The number of methoxy groups -OCH3 is 1. The van der Waals surface area contributed by atoms with E-state index in [0.717, 1.165) is 32.0 Å². The number of nitrogens with zero attached hydrogens (tertiary/aromatic N) is 1. The first-order valence-electron chi connectivity index (χ1n) is 6.78. The van der Waals surface area contributed by atoms with Crippen LogP contribution in [0.2, 0.25) is 0 Å². The minimum atomic E-state index is 0.198. The van der Waals surface area contributed by atoms with E-state index in [-0.39, 0.29) is 5.54 Å². The molecule has 0 radical (unpaired) electrons. The first kappa shape index (κ1) is 12.6. The Balaban J connectivity index is 1.72. The van der Waals surface area contributed by atoms with Gasteiger partial charge in [-0.25, -0.2) is 0 Å². The summed E-state index contributed by atoms with van der Waals surface area (Å²) in [4.78, 5) is 2.66. The molecule has 0 amide bonds. The number of thiophene rings is 1. The maximum Gasteiger partial charge on any atom is 0.0607 e. The smallest absolute Gasteiger partial charge is 0.0607 e. The van der Waals surface area contributed by atoms with Crippen LogP contribution in [0.4, 0.5) is 0 Å². The summed E-state index contributed by atoms with van der Waals surface area (Å²) in [5.41, 5.74) is 7.72. The summed E-state index contributed by atoms with van der Waals surface area (Å²) in [5, 5.41) is 4.42. The second-order valence-corrected chi connectivity index (χ2v) is 6.47. The Morgan fingerprint density at radius 3 is 2.78 bits per heavy atom. The average Bonchev–Trinajstić information content (AvgIpc) is 3.05. The summed E-state index contributed by atoms with van der Waals surface area (Å²) >= 11 is 1.78. The van der Waals surface area contributed by atoms with Gasteiger partial charge in [-0.05, 0) is 48.1 Å². The van der Waals surface area contributed by atoms with Crippen LogP contribution < -0.4 is 5.73 Å². The van der Waals surface area contributed by atoms with Crippen LogP contribution in [-0.4, -0.2) is 36.2 Å². The molecule has 3 nitrogen and oxygen atoms in total. The van der Waals surface area contributed by atoms with E-state index in [9.17, 15) is 0 Å². The number of hydrogen-bond acceptors (Lipinski definition) is 4. The topological polar surface area (TPSA) is 38.5 Å². The fourth-order valence-corrected chi connectivity index (χ4v) is 3.78. The number of hydrogen-bond donors (Lipinski definition) is 1.